The molecule has 6 nitrogen and oxygen atoms in total. The maximum atomic E-state index is 12.5. The Kier molecular flexibility index (Phi) is 4.96. The molecule has 3 rings (SSSR count). The maximum absolute atomic E-state index is 12.5. The van der Waals surface area contributed by atoms with Crippen LogP contribution >= 0.6 is 23.1 Å². The zero-order valence-corrected chi connectivity index (χ0v) is 16.1. The maximum Gasteiger partial charge on any atom is 0.233 e. The molecule has 0 unspecified atom stereocenters. The van der Waals surface area contributed by atoms with Crippen LogP contribution in [0.3, 0.4) is 0 Å². The van der Waals surface area contributed by atoms with Crippen LogP contribution in [0.2, 0.25) is 0 Å². The average molecular weight is 366 g/mol. The molecule has 0 bridgehead atoms. The molecule has 2 aromatic heterocycles. The largest absolute Gasteiger partial charge is 0.348 e. The van der Waals surface area contributed by atoms with Crippen LogP contribution in [0, 0.1) is 0 Å². The highest BCUT2D eigenvalue weighted by Crippen LogP contribution is 2.33. The van der Waals surface area contributed by atoms with E-state index in [4.69, 9.17) is 0 Å². The Morgan fingerprint density at radius 1 is 1.50 bits per heavy atom. The van der Waals surface area contributed by atoms with Gasteiger partial charge < -0.3 is 5.32 Å². The van der Waals surface area contributed by atoms with Gasteiger partial charge in [-0.1, -0.05) is 23.1 Å². The van der Waals surface area contributed by atoms with E-state index < -0.39 is 0 Å². The fourth-order valence-corrected chi connectivity index (χ4v) is 4.63. The lowest BCUT2D eigenvalue weighted by molar-refractivity contribution is -0.121. The monoisotopic (exact) mass is 365 g/mol. The fourth-order valence-electron chi connectivity index (χ4n) is 2.99. The van der Waals surface area contributed by atoms with Crippen LogP contribution < -0.4 is 5.32 Å². The summed E-state index contributed by atoms with van der Waals surface area (Å²) in [6.45, 7) is 8.37. The molecule has 2 heterocycles. The molecule has 0 fully saturated rings. The molecule has 0 spiro atoms. The Morgan fingerprint density at radius 2 is 2.29 bits per heavy atom. The molecule has 0 aromatic carbocycles. The standard InChI is InChI=1S/C16H23N5OS2/c1-10(24-15-20-17-9-23-15)14(22)19-12-6-5-7-13-11(12)8-18-21(13)16(2,3)4/h8-10,12H,5-7H2,1-4H3,(H,19,22)/t10-,12-/m0/s1. The average Bonchev–Trinajstić information content (AvgIpc) is 3.15. The van der Waals surface area contributed by atoms with Crippen LogP contribution in [0.25, 0.3) is 0 Å². The molecule has 0 aliphatic heterocycles. The third-order valence-electron chi connectivity index (χ3n) is 4.12. The quantitative estimate of drug-likeness (QED) is 0.843. The number of rotatable bonds is 4. The summed E-state index contributed by atoms with van der Waals surface area (Å²) in [5.74, 6) is 0.0385. The van der Waals surface area contributed by atoms with Crippen molar-refractivity contribution in [3.8, 4) is 0 Å². The number of fused-ring (bicyclic) bond motifs is 1. The van der Waals surface area contributed by atoms with Crippen molar-refractivity contribution < 1.29 is 4.79 Å². The molecule has 0 radical (unpaired) electrons. The molecule has 1 N–H and O–H groups in total. The van der Waals surface area contributed by atoms with Gasteiger partial charge in [-0.15, -0.1) is 10.2 Å². The van der Waals surface area contributed by atoms with Crippen LogP contribution in [-0.4, -0.2) is 31.1 Å². The van der Waals surface area contributed by atoms with E-state index in [0.717, 1.165) is 29.2 Å². The number of hydrogen-bond acceptors (Lipinski definition) is 6. The summed E-state index contributed by atoms with van der Waals surface area (Å²) in [6.07, 6.45) is 4.98. The van der Waals surface area contributed by atoms with Crippen molar-refractivity contribution in [3.63, 3.8) is 0 Å². The first-order valence-electron chi connectivity index (χ1n) is 8.16. The first-order valence-corrected chi connectivity index (χ1v) is 9.92. The third kappa shape index (κ3) is 3.64. The molecule has 1 aliphatic rings. The van der Waals surface area contributed by atoms with Crippen molar-refractivity contribution in [2.45, 2.75) is 68.1 Å². The summed E-state index contributed by atoms with van der Waals surface area (Å²) in [7, 11) is 0. The molecule has 0 saturated carbocycles. The van der Waals surface area contributed by atoms with E-state index in [-0.39, 0.29) is 22.7 Å². The van der Waals surface area contributed by atoms with Crippen molar-refractivity contribution >= 4 is 29.0 Å². The van der Waals surface area contributed by atoms with Crippen LogP contribution in [0.15, 0.2) is 16.0 Å². The zero-order chi connectivity index (χ0) is 17.3. The van der Waals surface area contributed by atoms with Gasteiger partial charge in [-0.05, 0) is 47.0 Å². The summed E-state index contributed by atoms with van der Waals surface area (Å²) in [6, 6.07) is 0.0508. The lowest BCUT2D eigenvalue weighted by Crippen LogP contribution is -2.36. The first-order chi connectivity index (χ1) is 11.4. The number of thioether (sulfide) groups is 1. The second kappa shape index (κ2) is 6.84. The summed E-state index contributed by atoms with van der Waals surface area (Å²) < 4.78 is 2.92. The molecular weight excluding hydrogens is 342 g/mol. The van der Waals surface area contributed by atoms with Crippen molar-refractivity contribution in [2.24, 2.45) is 0 Å². The molecule has 24 heavy (non-hydrogen) atoms. The lowest BCUT2D eigenvalue weighted by atomic mass is 9.92. The molecule has 1 amide bonds. The van der Waals surface area contributed by atoms with Crippen LogP contribution in [0.1, 0.15) is 57.8 Å². The SMILES string of the molecule is C[C@H](Sc1nncs1)C(=O)N[C@H]1CCCc2c1cnn2C(C)(C)C. The summed E-state index contributed by atoms with van der Waals surface area (Å²) in [4.78, 5) is 12.5. The van der Waals surface area contributed by atoms with E-state index in [9.17, 15) is 4.79 Å². The lowest BCUT2D eigenvalue weighted by Gasteiger charge is -2.28. The van der Waals surface area contributed by atoms with Crippen molar-refractivity contribution in [2.75, 3.05) is 0 Å². The van der Waals surface area contributed by atoms with Crippen molar-refractivity contribution in [3.05, 3.63) is 23.0 Å². The van der Waals surface area contributed by atoms with Gasteiger partial charge in [-0.2, -0.15) is 5.10 Å². The number of carbonyl (C=O) groups excluding carboxylic acids is 1. The molecule has 2 atom stereocenters. The van der Waals surface area contributed by atoms with Crippen LogP contribution in [0.5, 0.6) is 0 Å². The smallest absolute Gasteiger partial charge is 0.233 e. The van der Waals surface area contributed by atoms with Gasteiger partial charge in [0, 0.05) is 11.3 Å². The highest BCUT2D eigenvalue weighted by molar-refractivity contribution is 8.02. The number of hydrogen-bond donors (Lipinski definition) is 1. The van der Waals surface area contributed by atoms with Gasteiger partial charge >= 0.3 is 0 Å². The van der Waals surface area contributed by atoms with E-state index in [2.05, 4.69) is 46.1 Å². The molecule has 1 aliphatic carbocycles. The Hall–Kier alpha value is -1.41. The second-order valence-corrected chi connectivity index (χ2v) is 9.47. The van der Waals surface area contributed by atoms with Crippen LogP contribution in [-0.2, 0) is 16.8 Å². The van der Waals surface area contributed by atoms with E-state index in [1.165, 1.54) is 28.8 Å². The van der Waals surface area contributed by atoms with Crippen molar-refractivity contribution in [1.82, 2.24) is 25.3 Å². The van der Waals surface area contributed by atoms with Gasteiger partial charge in [0.1, 0.15) is 5.51 Å². The second-order valence-electron chi connectivity index (χ2n) is 7.05. The number of carbonyl (C=O) groups is 1. The topological polar surface area (TPSA) is 72.7 Å². The Bertz CT molecular complexity index is 705. The van der Waals surface area contributed by atoms with Gasteiger partial charge in [0.25, 0.3) is 0 Å². The summed E-state index contributed by atoms with van der Waals surface area (Å²) >= 11 is 2.91. The first kappa shape index (κ1) is 17.4. The van der Waals surface area contributed by atoms with Gasteiger partial charge in [-0.25, -0.2) is 0 Å². The predicted octanol–water partition coefficient (Wildman–Crippen LogP) is 3.16. The number of aromatic nitrogens is 4. The predicted molar refractivity (Wildman–Crippen MR) is 96.3 cm³/mol. The highest BCUT2D eigenvalue weighted by Gasteiger charge is 2.30. The Balaban J connectivity index is 1.71. The highest BCUT2D eigenvalue weighted by atomic mass is 32.2. The van der Waals surface area contributed by atoms with Gasteiger partial charge in [0.15, 0.2) is 4.34 Å². The molecule has 130 valence electrons. The van der Waals surface area contributed by atoms with E-state index in [1.807, 2.05) is 13.1 Å². The normalized spacial score (nSPS) is 18.9. The third-order valence-corrected chi connectivity index (χ3v) is 6.03. The summed E-state index contributed by atoms with van der Waals surface area (Å²) in [5, 5.41) is 15.4. The van der Waals surface area contributed by atoms with E-state index in [1.54, 1.807) is 5.51 Å². The van der Waals surface area contributed by atoms with Gasteiger partial charge in [0.05, 0.1) is 23.0 Å². The van der Waals surface area contributed by atoms with Gasteiger partial charge in [-0.3, -0.25) is 9.48 Å². The fraction of sp³-hybridized carbons (Fsp3) is 0.625. The molecular formula is C16H23N5OS2. The zero-order valence-electron chi connectivity index (χ0n) is 14.4. The molecule has 0 saturated heterocycles. The minimum absolute atomic E-state index is 0.0385. The Labute approximate surface area is 150 Å². The van der Waals surface area contributed by atoms with Crippen LogP contribution in [0.4, 0.5) is 0 Å². The van der Waals surface area contributed by atoms with Gasteiger partial charge in [0.2, 0.25) is 5.91 Å². The van der Waals surface area contributed by atoms with E-state index >= 15 is 0 Å². The van der Waals surface area contributed by atoms with E-state index in [0.29, 0.717) is 0 Å². The summed E-state index contributed by atoms with van der Waals surface area (Å²) in [5.41, 5.74) is 4.06. The molecule has 2 aromatic rings. The number of amides is 1. The Morgan fingerprint density at radius 3 is 2.96 bits per heavy atom. The minimum Gasteiger partial charge on any atom is -0.348 e. The van der Waals surface area contributed by atoms with Crippen molar-refractivity contribution in [1.29, 1.82) is 0 Å². The number of nitrogens with zero attached hydrogens (tertiary/aromatic N) is 4. The molecule has 8 heteroatoms. The number of nitrogens with one attached hydrogen (secondary N) is 1. The minimum atomic E-state index is -0.194.